The van der Waals surface area contributed by atoms with E-state index in [9.17, 15) is 4.79 Å². The van der Waals surface area contributed by atoms with Gasteiger partial charge in [0.15, 0.2) is 5.96 Å². The largest absolute Gasteiger partial charge is 0.357 e. The van der Waals surface area contributed by atoms with Crippen LogP contribution in [-0.2, 0) is 17.9 Å². The molecule has 0 saturated carbocycles. The number of piperidine rings is 1. The topological polar surface area (TPSA) is 51.2 Å². The lowest BCUT2D eigenvalue weighted by atomic mass is 10.1. The molecule has 2 fully saturated rings. The number of nitrogens with zero attached hydrogens (tertiary/aromatic N) is 4. The zero-order valence-corrected chi connectivity index (χ0v) is 20.2. The van der Waals surface area contributed by atoms with E-state index in [1.807, 2.05) is 4.90 Å². The van der Waals surface area contributed by atoms with Crippen molar-refractivity contribution in [3.63, 3.8) is 0 Å². The van der Waals surface area contributed by atoms with Gasteiger partial charge in [-0.25, -0.2) is 4.99 Å². The summed E-state index contributed by atoms with van der Waals surface area (Å²) >= 11 is 0. The second-order valence-electron chi connectivity index (χ2n) is 7.77. The Morgan fingerprint density at radius 1 is 0.966 bits per heavy atom. The normalized spacial score (nSPS) is 18.3. The van der Waals surface area contributed by atoms with Crippen molar-refractivity contribution in [1.29, 1.82) is 0 Å². The lowest BCUT2D eigenvalue weighted by Gasteiger charge is -2.36. The Labute approximate surface area is 192 Å². The number of carbonyl (C=O) groups excluding carboxylic acids is 1. The molecule has 2 aliphatic rings. The van der Waals surface area contributed by atoms with Crippen LogP contribution in [0.4, 0.5) is 0 Å². The second kappa shape index (κ2) is 12.4. The second-order valence-corrected chi connectivity index (χ2v) is 7.77. The number of likely N-dealkylation sites (tertiary alicyclic amines) is 1. The molecule has 0 atom stereocenters. The number of carbonyl (C=O) groups is 1. The van der Waals surface area contributed by atoms with Gasteiger partial charge in [0.25, 0.3) is 0 Å². The molecule has 0 bridgehead atoms. The molecule has 2 saturated heterocycles. The number of amides is 1. The van der Waals surface area contributed by atoms with Gasteiger partial charge >= 0.3 is 0 Å². The number of aliphatic imine (C=N–C) groups is 1. The van der Waals surface area contributed by atoms with Gasteiger partial charge in [0.05, 0.1) is 6.54 Å². The molecule has 6 nitrogen and oxygen atoms in total. The van der Waals surface area contributed by atoms with Crippen LogP contribution < -0.4 is 5.32 Å². The summed E-state index contributed by atoms with van der Waals surface area (Å²) in [5, 5.41) is 3.43. The standard InChI is InChI=1S/C22H35N5O.HI/c1-3-23-22(27-15-13-26(14-16-27)19(2)28)24-17-20-9-5-6-10-21(20)18-25-11-7-4-8-12-25;/h5-6,9-10H,3-4,7-8,11-18H2,1-2H3,(H,23,24);1H. The summed E-state index contributed by atoms with van der Waals surface area (Å²) in [5.74, 6) is 1.12. The maximum absolute atomic E-state index is 11.6. The molecular weight excluding hydrogens is 477 g/mol. The van der Waals surface area contributed by atoms with Gasteiger partial charge < -0.3 is 15.1 Å². The van der Waals surface area contributed by atoms with E-state index in [1.54, 1.807) is 6.92 Å². The molecule has 0 aromatic heterocycles. The van der Waals surface area contributed by atoms with E-state index in [1.165, 1.54) is 43.5 Å². The van der Waals surface area contributed by atoms with Gasteiger partial charge in [0.1, 0.15) is 0 Å². The lowest BCUT2D eigenvalue weighted by Crippen LogP contribution is -2.53. The third-order valence-corrected chi connectivity index (χ3v) is 5.72. The Morgan fingerprint density at radius 3 is 2.21 bits per heavy atom. The van der Waals surface area contributed by atoms with Crippen molar-refractivity contribution in [2.45, 2.75) is 46.2 Å². The quantitative estimate of drug-likeness (QED) is 0.374. The average Bonchev–Trinajstić information content (AvgIpc) is 2.73. The minimum absolute atomic E-state index is 0. The van der Waals surface area contributed by atoms with E-state index < -0.39 is 0 Å². The van der Waals surface area contributed by atoms with Gasteiger partial charge in [0, 0.05) is 46.2 Å². The van der Waals surface area contributed by atoms with Crippen molar-refractivity contribution in [2.24, 2.45) is 4.99 Å². The van der Waals surface area contributed by atoms with E-state index in [-0.39, 0.29) is 29.9 Å². The van der Waals surface area contributed by atoms with Crippen LogP contribution in [0.15, 0.2) is 29.3 Å². The Kier molecular flexibility index (Phi) is 10.2. The smallest absolute Gasteiger partial charge is 0.219 e. The van der Waals surface area contributed by atoms with Crippen LogP contribution in [0.3, 0.4) is 0 Å². The maximum Gasteiger partial charge on any atom is 0.219 e. The highest BCUT2D eigenvalue weighted by atomic mass is 127. The summed E-state index contributed by atoms with van der Waals surface area (Å²) in [7, 11) is 0. The molecule has 1 aromatic carbocycles. The maximum atomic E-state index is 11.6. The van der Waals surface area contributed by atoms with Gasteiger partial charge in [0.2, 0.25) is 5.91 Å². The number of halogens is 1. The molecule has 1 aromatic rings. The van der Waals surface area contributed by atoms with E-state index in [2.05, 4.69) is 46.3 Å². The molecule has 0 aliphatic carbocycles. The number of hydrogen-bond donors (Lipinski definition) is 1. The van der Waals surface area contributed by atoms with Crippen LogP contribution in [0, 0.1) is 0 Å². The number of rotatable bonds is 5. The molecular formula is C22H36IN5O. The number of guanidine groups is 1. The Morgan fingerprint density at radius 2 is 1.59 bits per heavy atom. The summed E-state index contributed by atoms with van der Waals surface area (Å²) in [5.41, 5.74) is 2.70. The molecule has 29 heavy (non-hydrogen) atoms. The van der Waals surface area contributed by atoms with E-state index in [0.29, 0.717) is 6.54 Å². The molecule has 1 N–H and O–H groups in total. The summed E-state index contributed by atoms with van der Waals surface area (Å²) in [4.78, 5) is 23.3. The Bertz CT molecular complexity index is 667. The van der Waals surface area contributed by atoms with Crippen molar-refractivity contribution in [3.8, 4) is 0 Å². The fraction of sp³-hybridized carbons (Fsp3) is 0.636. The molecule has 3 rings (SSSR count). The van der Waals surface area contributed by atoms with E-state index in [4.69, 9.17) is 4.99 Å². The first-order chi connectivity index (χ1) is 13.7. The Hall–Kier alpha value is -1.35. The van der Waals surface area contributed by atoms with Crippen molar-refractivity contribution >= 4 is 35.8 Å². The first-order valence-electron chi connectivity index (χ1n) is 10.7. The minimum Gasteiger partial charge on any atom is -0.357 e. The van der Waals surface area contributed by atoms with Crippen molar-refractivity contribution < 1.29 is 4.79 Å². The van der Waals surface area contributed by atoms with Crippen LogP contribution in [0.1, 0.15) is 44.2 Å². The minimum atomic E-state index is 0. The number of benzene rings is 1. The van der Waals surface area contributed by atoms with Crippen LogP contribution in [0.25, 0.3) is 0 Å². The summed E-state index contributed by atoms with van der Waals surface area (Å²) in [6.07, 6.45) is 4.00. The highest BCUT2D eigenvalue weighted by Gasteiger charge is 2.21. The van der Waals surface area contributed by atoms with Crippen LogP contribution in [0.5, 0.6) is 0 Å². The highest BCUT2D eigenvalue weighted by Crippen LogP contribution is 2.17. The van der Waals surface area contributed by atoms with Gasteiger partial charge in [-0.2, -0.15) is 0 Å². The van der Waals surface area contributed by atoms with Crippen molar-refractivity contribution in [1.82, 2.24) is 20.0 Å². The highest BCUT2D eigenvalue weighted by molar-refractivity contribution is 14.0. The monoisotopic (exact) mass is 513 g/mol. The SMILES string of the molecule is CCNC(=NCc1ccccc1CN1CCCCC1)N1CCN(C(C)=O)CC1.I. The molecule has 7 heteroatoms. The van der Waals surface area contributed by atoms with Crippen LogP contribution >= 0.6 is 24.0 Å². The van der Waals surface area contributed by atoms with Crippen molar-refractivity contribution in [2.75, 3.05) is 45.8 Å². The lowest BCUT2D eigenvalue weighted by molar-refractivity contribution is -0.130. The van der Waals surface area contributed by atoms with E-state index >= 15 is 0 Å². The van der Waals surface area contributed by atoms with Gasteiger partial charge in [-0.3, -0.25) is 9.69 Å². The summed E-state index contributed by atoms with van der Waals surface area (Å²) in [6.45, 7) is 11.9. The fourth-order valence-corrected chi connectivity index (χ4v) is 4.04. The predicted molar refractivity (Wildman–Crippen MR) is 130 cm³/mol. The average molecular weight is 513 g/mol. The zero-order chi connectivity index (χ0) is 19.8. The Balaban J connectivity index is 0.00000300. The molecule has 0 unspecified atom stereocenters. The molecule has 2 heterocycles. The van der Waals surface area contributed by atoms with Gasteiger partial charge in [-0.1, -0.05) is 30.7 Å². The van der Waals surface area contributed by atoms with E-state index in [0.717, 1.165) is 45.2 Å². The van der Waals surface area contributed by atoms with Gasteiger partial charge in [-0.15, -0.1) is 24.0 Å². The summed E-state index contributed by atoms with van der Waals surface area (Å²) in [6, 6.07) is 8.71. The number of nitrogens with one attached hydrogen (secondary N) is 1. The third kappa shape index (κ3) is 7.13. The molecule has 0 spiro atoms. The number of hydrogen-bond acceptors (Lipinski definition) is 3. The first kappa shape index (κ1) is 23.9. The van der Waals surface area contributed by atoms with Crippen LogP contribution in [-0.4, -0.2) is 72.4 Å². The molecule has 0 radical (unpaired) electrons. The fourth-order valence-electron chi connectivity index (χ4n) is 4.04. The van der Waals surface area contributed by atoms with Crippen molar-refractivity contribution in [3.05, 3.63) is 35.4 Å². The predicted octanol–water partition coefficient (Wildman–Crippen LogP) is 2.92. The third-order valence-electron chi connectivity index (χ3n) is 5.72. The molecule has 162 valence electrons. The molecule has 1 amide bonds. The van der Waals surface area contributed by atoms with Gasteiger partial charge in [-0.05, 0) is 44.0 Å². The number of piperazine rings is 1. The zero-order valence-electron chi connectivity index (χ0n) is 17.9. The first-order valence-corrected chi connectivity index (χ1v) is 10.7. The molecule has 2 aliphatic heterocycles. The summed E-state index contributed by atoms with van der Waals surface area (Å²) < 4.78 is 0. The van der Waals surface area contributed by atoms with Crippen LogP contribution in [0.2, 0.25) is 0 Å².